The van der Waals surface area contributed by atoms with Gasteiger partial charge in [-0.05, 0) is 24.6 Å². The van der Waals surface area contributed by atoms with Crippen molar-refractivity contribution in [3.63, 3.8) is 0 Å². The van der Waals surface area contributed by atoms with Gasteiger partial charge in [0.2, 0.25) is 0 Å². The smallest absolute Gasteiger partial charge is 0.356 e. The summed E-state index contributed by atoms with van der Waals surface area (Å²) in [6.45, 7) is 1.91. The lowest BCUT2D eigenvalue weighted by Crippen LogP contribution is -2.03. The molecule has 122 valence electrons. The van der Waals surface area contributed by atoms with Crippen LogP contribution in [0, 0.1) is 0 Å². The second-order valence-corrected chi connectivity index (χ2v) is 6.05. The molecule has 0 unspecified atom stereocenters. The highest BCUT2D eigenvalue weighted by atomic mass is 35.5. The van der Waals surface area contributed by atoms with Crippen LogP contribution in [-0.4, -0.2) is 20.9 Å². The van der Waals surface area contributed by atoms with E-state index in [1.165, 1.54) is 0 Å². The molecule has 1 N–H and O–H groups in total. The molecule has 0 aliphatic carbocycles. The maximum atomic E-state index is 11.6. The summed E-state index contributed by atoms with van der Waals surface area (Å²) < 4.78 is 1.58. The van der Waals surface area contributed by atoms with Gasteiger partial charge in [0, 0.05) is 16.1 Å². The van der Waals surface area contributed by atoms with Gasteiger partial charge in [0.25, 0.3) is 0 Å². The van der Waals surface area contributed by atoms with Crippen molar-refractivity contribution in [2.45, 2.75) is 13.3 Å². The second kappa shape index (κ2) is 6.67. The highest BCUT2D eigenvalue weighted by molar-refractivity contribution is 6.35. The molecule has 0 amide bonds. The molecular formula is C18H14Cl2N2O2. The number of benzene rings is 2. The Morgan fingerprint density at radius 2 is 1.88 bits per heavy atom. The molecule has 0 aliphatic rings. The number of halogens is 2. The quantitative estimate of drug-likeness (QED) is 0.703. The molecule has 0 atom stereocenters. The molecule has 1 aromatic heterocycles. The molecule has 2 aromatic carbocycles. The summed E-state index contributed by atoms with van der Waals surface area (Å²) in [6, 6.07) is 14.6. The molecule has 0 saturated heterocycles. The number of carbonyl (C=O) groups is 1. The molecule has 0 aliphatic heterocycles. The Balaban J connectivity index is 2.35. The molecule has 1 heterocycles. The van der Waals surface area contributed by atoms with Crippen LogP contribution in [-0.2, 0) is 6.42 Å². The van der Waals surface area contributed by atoms with Crippen molar-refractivity contribution in [1.29, 1.82) is 0 Å². The van der Waals surface area contributed by atoms with Gasteiger partial charge in [-0.3, -0.25) is 0 Å². The summed E-state index contributed by atoms with van der Waals surface area (Å²) in [4.78, 5) is 11.6. The van der Waals surface area contributed by atoms with Crippen molar-refractivity contribution < 1.29 is 9.90 Å². The Morgan fingerprint density at radius 1 is 1.17 bits per heavy atom. The fraction of sp³-hybridized carbons (Fsp3) is 0.111. The summed E-state index contributed by atoms with van der Waals surface area (Å²) in [5.41, 5.74) is 2.88. The summed E-state index contributed by atoms with van der Waals surface area (Å²) in [7, 11) is 0. The summed E-state index contributed by atoms with van der Waals surface area (Å²) in [5.74, 6) is -1.06. The van der Waals surface area contributed by atoms with Crippen molar-refractivity contribution in [1.82, 2.24) is 9.78 Å². The lowest BCUT2D eigenvalue weighted by atomic mass is 10.0. The number of aromatic carboxylic acids is 1. The van der Waals surface area contributed by atoms with E-state index in [0.29, 0.717) is 27.7 Å². The minimum atomic E-state index is -1.06. The minimum absolute atomic E-state index is 0.0300. The van der Waals surface area contributed by atoms with Gasteiger partial charge in [-0.15, -0.1) is 0 Å². The third-order valence-corrected chi connectivity index (χ3v) is 4.26. The van der Waals surface area contributed by atoms with E-state index in [-0.39, 0.29) is 5.69 Å². The zero-order chi connectivity index (χ0) is 17.3. The van der Waals surface area contributed by atoms with Gasteiger partial charge < -0.3 is 5.11 Å². The highest BCUT2D eigenvalue weighted by Gasteiger charge is 2.24. The van der Waals surface area contributed by atoms with Crippen molar-refractivity contribution in [3.8, 4) is 16.9 Å². The number of nitrogens with zero attached hydrogens (tertiary/aromatic N) is 2. The predicted octanol–water partition coefficient (Wildman–Crippen LogP) is 5.11. The average Bonchev–Trinajstić information content (AvgIpc) is 2.95. The fourth-order valence-electron chi connectivity index (χ4n) is 2.68. The van der Waals surface area contributed by atoms with E-state index in [4.69, 9.17) is 23.2 Å². The SMILES string of the molecule is CCc1c(C(=O)O)nn(-c2ccc(Cl)cc2Cl)c1-c1ccccc1. The number of aromatic nitrogens is 2. The van der Waals surface area contributed by atoms with Crippen LogP contribution in [0.3, 0.4) is 0 Å². The van der Waals surface area contributed by atoms with E-state index in [1.54, 1.807) is 22.9 Å². The summed E-state index contributed by atoms with van der Waals surface area (Å²) >= 11 is 12.3. The maximum absolute atomic E-state index is 11.6. The van der Waals surface area contributed by atoms with Crippen molar-refractivity contribution in [2.24, 2.45) is 0 Å². The molecule has 0 radical (unpaired) electrons. The predicted molar refractivity (Wildman–Crippen MR) is 95.4 cm³/mol. The first-order chi connectivity index (χ1) is 11.5. The lowest BCUT2D eigenvalue weighted by Gasteiger charge is -2.11. The third kappa shape index (κ3) is 2.90. The van der Waals surface area contributed by atoms with Gasteiger partial charge >= 0.3 is 5.97 Å². The van der Waals surface area contributed by atoms with Crippen LogP contribution >= 0.6 is 23.2 Å². The van der Waals surface area contributed by atoms with Crippen LogP contribution in [0.4, 0.5) is 0 Å². The summed E-state index contributed by atoms with van der Waals surface area (Å²) in [6.07, 6.45) is 0.539. The van der Waals surface area contributed by atoms with Gasteiger partial charge in [0.05, 0.1) is 16.4 Å². The van der Waals surface area contributed by atoms with Crippen LogP contribution in [0.25, 0.3) is 16.9 Å². The molecule has 0 fully saturated rings. The maximum Gasteiger partial charge on any atom is 0.356 e. The van der Waals surface area contributed by atoms with E-state index in [1.807, 2.05) is 37.3 Å². The van der Waals surface area contributed by atoms with E-state index in [2.05, 4.69) is 5.10 Å². The Labute approximate surface area is 149 Å². The number of carboxylic acid groups (broad SMARTS) is 1. The lowest BCUT2D eigenvalue weighted by molar-refractivity contribution is 0.0689. The van der Waals surface area contributed by atoms with Crippen LogP contribution < -0.4 is 0 Å². The molecule has 0 saturated carbocycles. The van der Waals surface area contributed by atoms with Crippen LogP contribution in [0.2, 0.25) is 10.0 Å². The number of rotatable bonds is 4. The van der Waals surface area contributed by atoms with Gasteiger partial charge in [-0.1, -0.05) is 60.5 Å². The largest absolute Gasteiger partial charge is 0.476 e. The first-order valence-corrected chi connectivity index (χ1v) is 8.14. The van der Waals surface area contributed by atoms with E-state index >= 15 is 0 Å². The standard InChI is InChI=1S/C18H14Cl2N2O2/c1-2-13-16(18(23)24)21-22(15-9-8-12(19)10-14(15)20)17(13)11-6-4-3-5-7-11/h3-10H,2H2,1H3,(H,23,24). The first kappa shape index (κ1) is 16.6. The van der Waals surface area contributed by atoms with Gasteiger partial charge in [-0.2, -0.15) is 5.10 Å². The van der Waals surface area contributed by atoms with Crippen LogP contribution in [0.1, 0.15) is 23.0 Å². The molecule has 0 bridgehead atoms. The van der Waals surface area contributed by atoms with Gasteiger partial charge in [-0.25, -0.2) is 9.48 Å². The average molecular weight is 361 g/mol. The minimum Gasteiger partial charge on any atom is -0.476 e. The van der Waals surface area contributed by atoms with Crippen molar-refractivity contribution in [3.05, 3.63) is 69.8 Å². The van der Waals surface area contributed by atoms with Crippen molar-refractivity contribution >= 4 is 29.2 Å². The third-order valence-electron chi connectivity index (χ3n) is 3.72. The highest BCUT2D eigenvalue weighted by Crippen LogP contribution is 2.33. The number of hydrogen-bond donors (Lipinski definition) is 1. The van der Waals surface area contributed by atoms with Crippen molar-refractivity contribution in [2.75, 3.05) is 0 Å². The topological polar surface area (TPSA) is 55.1 Å². The van der Waals surface area contributed by atoms with E-state index in [9.17, 15) is 9.90 Å². The zero-order valence-corrected chi connectivity index (χ0v) is 14.3. The molecular weight excluding hydrogens is 347 g/mol. The Bertz CT molecular complexity index is 905. The first-order valence-electron chi connectivity index (χ1n) is 7.39. The molecule has 3 rings (SSSR count). The monoisotopic (exact) mass is 360 g/mol. The van der Waals surface area contributed by atoms with Gasteiger partial charge in [0.15, 0.2) is 5.69 Å². The molecule has 24 heavy (non-hydrogen) atoms. The molecule has 6 heteroatoms. The summed E-state index contributed by atoms with van der Waals surface area (Å²) in [5, 5.41) is 14.7. The molecule has 0 spiro atoms. The normalized spacial score (nSPS) is 10.8. The Kier molecular flexibility index (Phi) is 4.60. The van der Waals surface area contributed by atoms with Crippen LogP contribution in [0.15, 0.2) is 48.5 Å². The van der Waals surface area contributed by atoms with E-state index < -0.39 is 5.97 Å². The number of carboxylic acids is 1. The van der Waals surface area contributed by atoms with E-state index in [0.717, 1.165) is 11.3 Å². The Hall–Kier alpha value is -2.30. The Morgan fingerprint density at radius 3 is 2.46 bits per heavy atom. The molecule has 3 aromatic rings. The number of hydrogen-bond acceptors (Lipinski definition) is 2. The van der Waals surface area contributed by atoms with Gasteiger partial charge in [0.1, 0.15) is 0 Å². The zero-order valence-electron chi connectivity index (χ0n) is 12.8. The van der Waals surface area contributed by atoms with Crippen LogP contribution in [0.5, 0.6) is 0 Å². The second-order valence-electron chi connectivity index (χ2n) is 5.21. The fourth-order valence-corrected chi connectivity index (χ4v) is 3.17. The molecule has 4 nitrogen and oxygen atoms in total.